The van der Waals surface area contributed by atoms with Crippen LogP contribution >= 0.6 is 0 Å². The van der Waals surface area contributed by atoms with Gasteiger partial charge in [0.1, 0.15) is 5.75 Å². The van der Waals surface area contributed by atoms with Gasteiger partial charge in [-0.1, -0.05) is 36.4 Å². The SMILES string of the molecule is Nc1ccc(/C=C/C(=O)N2CCc3c([nH]c4ccccc34)C2c2ccc3c(c2)CCO3)cc1. The van der Waals surface area contributed by atoms with Crippen LogP contribution in [0.2, 0.25) is 0 Å². The molecule has 1 aromatic heterocycles. The molecule has 0 spiro atoms. The molecule has 6 rings (SSSR count). The van der Waals surface area contributed by atoms with E-state index in [-0.39, 0.29) is 11.9 Å². The molecule has 0 aliphatic carbocycles. The summed E-state index contributed by atoms with van der Waals surface area (Å²) < 4.78 is 5.72. The number of para-hydroxylation sites is 1. The molecule has 33 heavy (non-hydrogen) atoms. The molecule has 2 aliphatic rings. The summed E-state index contributed by atoms with van der Waals surface area (Å²) in [6, 6.07) is 22.1. The number of H-pyrrole nitrogens is 1. The van der Waals surface area contributed by atoms with Crippen molar-refractivity contribution >= 4 is 28.6 Å². The largest absolute Gasteiger partial charge is 0.493 e. The van der Waals surface area contributed by atoms with Gasteiger partial charge in [-0.25, -0.2) is 0 Å². The van der Waals surface area contributed by atoms with Crippen molar-refractivity contribution in [1.82, 2.24) is 9.88 Å². The first-order valence-corrected chi connectivity index (χ1v) is 11.4. The minimum Gasteiger partial charge on any atom is -0.493 e. The zero-order valence-electron chi connectivity index (χ0n) is 18.3. The Morgan fingerprint density at radius 1 is 1.06 bits per heavy atom. The number of benzene rings is 3. The van der Waals surface area contributed by atoms with Gasteiger partial charge in [0.15, 0.2) is 0 Å². The molecule has 0 fully saturated rings. The number of rotatable bonds is 3. The third-order valence-corrected chi connectivity index (χ3v) is 6.70. The fourth-order valence-corrected chi connectivity index (χ4v) is 5.07. The summed E-state index contributed by atoms with van der Waals surface area (Å²) in [5.41, 5.74) is 13.3. The lowest BCUT2D eigenvalue weighted by atomic mass is 9.91. The zero-order chi connectivity index (χ0) is 22.4. The Hall–Kier alpha value is -3.99. The topological polar surface area (TPSA) is 71.4 Å². The van der Waals surface area contributed by atoms with E-state index in [0.717, 1.165) is 40.9 Å². The second-order valence-corrected chi connectivity index (χ2v) is 8.71. The van der Waals surface area contributed by atoms with Crippen molar-refractivity contribution in [2.24, 2.45) is 0 Å². The predicted octanol–water partition coefficient (Wildman–Crippen LogP) is 4.87. The molecule has 4 aromatic rings. The first kappa shape index (κ1) is 19.7. The third kappa shape index (κ3) is 3.46. The maximum atomic E-state index is 13.5. The van der Waals surface area contributed by atoms with Crippen molar-refractivity contribution in [2.45, 2.75) is 18.9 Å². The summed E-state index contributed by atoms with van der Waals surface area (Å²) in [6.45, 7) is 1.38. The monoisotopic (exact) mass is 435 g/mol. The molecule has 5 heteroatoms. The van der Waals surface area contributed by atoms with Gasteiger partial charge in [-0.2, -0.15) is 0 Å². The van der Waals surface area contributed by atoms with Gasteiger partial charge >= 0.3 is 0 Å². The first-order chi connectivity index (χ1) is 16.2. The van der Waals surface area contributed by atoms with Crippen molar-refractivity contribution in [3.05, 3.63) is 101 Å². The number of nitrogens with two attached hydrogens (primary N) is 1. The van der Waals surface area contributed by atoms with Crippen molar-refractivity contribution in [1.29, 1.82) is 0 Å². The van der Waals surface area contributed by atoms with Crippen molar-refractivity contribution in [3.63, 3.8) is 0 Å². The average molecular weight is 436 g/mol. The first-order valence-electron chi connectivity index (χ1n) is 11.4. The lowest BCUT2D eigenvalue weighted by Gasteiger charge is -2.36. The Morgan fingerprint density at radius 3 is 2.79 bits per heavy atom. The molecule has 3 aromatic carbocycles. The van der Waals surface area contributed by atoms with E-state index >= 15 is 0 Å². The van der Waals surface area contributed by atoms with E-state index in [0.29, 0.717) is 18.8 Å². The molecule has 164 valence electrons. The molecular weight excluding hydrogens is 410 g/mol. The van der Waals surface area contributed by atoms with Crippen LogP contribution in [0.15, 0.2) is 72.8 Å². The number of nitrogen functional groups attached to an aromatic ring is 1. The van der Waals surface area contributed by atoms with Crippen LogP contribution in [-0.4, -0.2) is 28.9 Å². The fraction of sp³-hybridized carbons (Fsp3) is 0.179. The maximum Gasteiger partial charge on any atom is 0.247 e. The van der Waals surface area contributed by atoms with Gasteiger partial charge in [0.05, 0.1) is 12.6 Å². The summed E-state index contributed by atoms with van der Waals surface area (Å²) in [6.07, 6.45) is 5.25. The Kier molecular flexibility index (Phi) is 4.68. The molecule has 0 radical (unpaired) electrons. The van der Waals surface area contributed by atoms with Crippen LogP contribution in [0.25, 0.3) is 17.0 Å². The molecule has 2 aliphatic heterocycles. The van der Waals surface area contributed by atoms with Gasteiger partial charge in [0.25, 0.3) is 0 Å². The number of fused-ring (bicyclic) bond motifs is 4. The van der Waals surface area contributed by atoms with E-state index in [4.69, 9.17) is 10.5 Å². The summed E-state index contributed by atoms with van der Waals surface area (Å²) in [7, 11) is 0. The van der Waals surface area contributed by atoms with Gasteiger partial charge in [-0.3, -0.25) is 4.79 Å². The number of nitrogens with zero attached hydrogens (tertiary/aromatic N) is 1. The molecule has 3 heterocycles. The second-order valence-electron chi connectivity index (χ2n) is 8.71. The number of ether oxygens (including phenoxy) is 1. The number of aromatic nitrogens is 1. The molecular formula is C28H25N3O2. The number of anilines is 1. The molecule has 1 unspecified atom stereocenters. The normalized spacial score (nSPS) is 17.2. The van der Waals surface area contributed by atoms with Crippen LogP contribution in [0.4, 0.5) is 5.69 Å². The van der Waals surface area contributed by atoms with Gasteiger partial charge in [0.2, 0.25) is 5.91 Å². The maximum absolute atomic E-state index is 13.5. The average Bonchev–Trinajstić information content (AvgIpc) is 3.46. The number of aromatic amines is 1. The molecule has 0 bridgehead atoms. The van der Waals surface area contributed by atoms with E-state index in [1.807, 2.05) is 47.4 Å². The smallest absolute Gasteiger partial charge is 0.247 e. The second kappa shape index (κ2) is 7.85. The molecule has 0 saturated carbocycles. The van der Waals surface area contributed by atoms with E-state index in [9.17, 15) is 4.79 Å². The van der Waals surface area contributed by atoms with Gasteiger partial charge < -0.3 is 20.4 Å². The van der Waals surface area contributed by atoms with Crippen LogP contribution in [0, 0.1) is 0 Å². The highest BCUT2D eigenvalue weighted by molar-refractivity contribution is 5.93. The van der Waals surface area contributed by atoms with Crippen molar-refractivity contribution < 1.29 is 9.53 Å². The number of nitrogens with one attached hydrogen (secondary N) is 1. The molecule has 5 nitrogen and oxygen atoms in total. The molecule has 1 atom stereocenters. The zero-order valence-corrected chi connectivity index (χ0v) is 18.3. The number of carbonyl (C=O) groups excluding carboxylic acids is 1. The third-order valence-electron chi connectivity index (χ3n) is 6.70. The van der Waals surface area contributed by atoms with Crippen molar-refractivity contribution in [3.8, 4) is 5.75 Å². The predicted molar refractivity (Wildman–Crippen MR) is 131 cm³/mol. The van der Waals surface area contributed by atoms with E-state index in [1.54, 1.807) is 6.08 Å². The highest BCUT2D eigenvalue weighted by atomic mass is 16.5. The summed E-state index contributed by atoms with van der Waals surface area (Å²) in [4.78, 5) is 19.1. The lowest BCUT2D eigenvalue weighted by molar-refractivity contribution is -0.128. The molecule has 0 saturated heterocycles. The van der Waals surface area contributed by atoms with E-state index < -0.39 is 0 Å². The number of carbonyl (C=O) groups is 1. The lowest BCUT2D eigenvalue weighted by Crippen LogP contribution is -2.39. The Labute approximate surface area is 192 Å². The summed E-state index contributed by atoms with van der Waals surface area (Å²) in [5.74, 6) is 0.949. The molecule has 1 amide bonds. The minimum absolute atomic E-state index is 0.00196. The summed E-state index contributed by atoms with van der Waals surface area (Å²) in [5, 5.41) is 1.24. The fourth-order valence-electron chi connectivity index (χ4n) is 5.07. The van der Waals surface area contributed by atoms with E-state index in [2.05, 4.69) is 35.3 Å². The van der Waals surface area contributed by atoms with Crippen LogP contribution in [-0.2, 0) is 17.6 Å². The van der Waals surface area contributed by atoms with Crippen LogP contribution in [0.5, 0.6) is 5.75 Å². The minimum atomic E-state index is -0.171. The highest BCUT2D eigenvalue weighted by Crippen LogP contribution is 2.40. The van der Waals surface area contributed by atoms with Crippen molar-refractivity contribution in [2.75, 3.05) is 18.9 Å². The van der Waals surface area contributed by atoms with Gasteiger partial charge in [0, 0.05) is 41.3 Å². The quantitative estimate of drug-likeness (QED) is 0.356. The Morgan fingerprint density at radius 2 is 1.91 bits per heavy atom. The van der Waals surface area contributed by atoms with Gasteiger partial charge in [-0.15, -0.1) is 0 Å². The van der Waals surface area contributed by atoms with Crippen LogP contribution in [0.3, 0.4) is 0 Å². The number of hydrogen-bond donors (Lipinski definition) is 2. The van der Waals surface area contributed by atoms with E-state index in [1.165, 1.54) is 16.5 Å². The van der Waals surface area contributed by atoms with Crippen LogP contribution < -0.4 is 10.5 Å². The highest BCUT2D eigenvalue weighted by Gasteiger charge is 2.34. The summed E-state index contributed by atoms with van der Waals surface area (Å²) >= 11 is 0. The Bertz CT molecular complexity index is 1380. The molecule has 3 N–H and O–H groups in total. The number of hydrogen-bond acceptors (Lipinski definition) is 3. The van der Waals surface area contributed by atoms with Gasteiger partial charge in [-0.05, 0) is 65.1 Å². The number of amides is 1. The van der Waals surface area contributed by atoms with Crippen LogP contribution in [0.1, 0.15) is 34.0 Å². The Balaban J connectivity index is 1.42. The standard InChI is InChI=1S/C28H25N3O2/c29-21-9-5-18(6-10-21)7-12-26(32)31-15-13-23-22-3-1-2-4-24(22)30-27(23)28(31)20-8-11-25-19(17-20)14-16-33-25/h1-12,17,28,30H,13-16,29H2/b12-7+.